The van der Waals surface area contributed by atoms with Crippen LogP contribution in [0.3, 0.4) is 0 Å². The molecule has 2 fully saturated rings. The number of hydrogen-bond acceptors (Lipinski definition) is 4. The summed E-state index contributed by atoms with van der Waals surface area (Å²) < 4.78 is 0. The SMILES string of the molecule is N[C@H]1CCCC[C@]1(O)c1ccc(-c2ccccc2)cc1.N[C@]1(c2ccc(-c3ccccc3)cc2)CCCC[C@@H]1O. The topological polar surface area (TPSA) is 92.5 Å². The van der Waals surface area contributed by atoms with Gasteiger partial charge in [-0.15, -0.1) is 0 Å². The molecule has 40 heavy (non-hydrogen) atoms. The first-order valence-electron chi connectivity index (χ1n) is 14.7. The van der Waals surface area contributed by atoms with E-state index in [2.05, 4.69) is 60.7 Å². The second-order valence-electron chi connectivity index (χ2n) is 11.5. The summed E-state index contributed by atoms with van der Waals surface area (Å²) in [6.45, 7) is 0. The van der Waals surface area contributed by atoms with Crippen LogP contribution in [0.5, 0.6) is 0 Å². The predicted molar refractivity (Wildman–Crippen MR) is 164 cm³/mol. The number of rotatable bonds is 4. The molecule has 0 heterocycles. The zero-order valence-corrected chi connectivity index (χ0v) is 23.3. The highest BCUT2D eigenvalue weighted by Gasteiger charge is 2.38. The van der Waals surface area contributed by atoms with Crippen molar-refractivity contribution in [3.05, 3.63) is 120 Å². The van der Waals surface area contributed by atoms with Crippen LogP contribution in [0.2, 0.25) is 0 Å². The quantitative estimate of drug-likeness (QED) is 0.229. The van der Waals surface area contributed by atoms with Crippen molar-refractivity contribution in [2.45, 2.75) is 74.7 Å². The van der Waals surface area contributed by atoms with Gasteiger partial charge >= 0.3 is 0 Å². The molecule has 0 spiro atoms. The zero-order chi connectivity index (χ0) is 28.0. The van der Waals surface area contributed by atoms with Gasteiger partial charge in [0.05, 0.1) is 11.6 Å². The zero-order valence-electron chi connectivity index (χ0n) is 23.3. The van der Waals surface area contributed by atoms with Gasteiger partial charge in [0.15, 0.2) is 0 Å². The summed E-state index contributed by atoms with van der Waals surface area (Å²) in [5.41, 5.74) is 17.9. The smallest absolute Gasteiger partial charge is 0.105 e. The third kappa shape index (κ3) is 6.06. The van der Waals surface area contributed by atoms with E-state index in [1.165, 1.54) is 22.3 Å². The van der Waals surface area contributed by atoms with Crippen molar-refractivity contribution in [1.29, 1.82) is 0 Å². The lowest BCUT2D eigenvalue weighted by molar-refractivity contribution is -0.0193. The molecule has 2 aliphatic rings. The predicted octanol–water partition coefficient (Wildman–Crippen LogP) is 6.89. The lowest BCUT2D eigenvalue weighted by Crippen LogP contribution is -2.49. The van der Waals surface area contributed by atoms with E-state index in [-0.39, 0.29) is 6.04 Å². The average molecular weight is 535 g/mol. The average Bonchev–Trinajstić information content (AvgIpc) is 3.02. The summed E-state index contributed by atoms with van der Waals surface area (Å²) in [4.78, 5) is 0. The second-order valence-corrected chi connectivity index (χ2v) is 11.5. The maximum absolute atomic E-state index is 10.8. The Hall–Kier alpha value is -3.28. The fourth-order valence-corrected chi connectivity index (χ4v) is 6.24. The Morgan fingerprint density at radius 3 is 1.50 bits per heavy atom. The highest BCUT2D eigenvalue weighted by Crippen LogP contribution is 2.37. The van der Waals surface area contributed by atoms with Crippen molar-refractivity contribution in [2.24, 2.45) is 11.5 Å². The van der Waals surface area contributed by atoms with E-state index >= 15 is 0 Å². The van der Waals surface area contributed by atoms with Crippen LogP contribution >= 0.6 is 0 Å². The summed E-state index contributed by atoms with van der Waals surface area (Å²) in [5.74, 6) is 0. The van der Waals surface area contributed by atoms with Crippen LogP contribution in [-0.2, 0) is 11.1 Å². The molecule has 4 aromatic carbocycles. The number of nitrogens with two attached hydrogens (primary N) is 2. The maximum atomic E-state index is 10.8. The highest BCUT2D eigenvalue weighted by atomic mass is 16.3. The first kappa shape index (κ1) is 28.3. The number of benzene rings is 4. The van der Waals surface area contributed by atoms with Crippen LogP contribution in [0, 0.1) is 0 Å². The molecule has 4 aromatic rings. The van der Waals surface area contributed by atoms with E-state index < -0.39 is 17.2 Å². The van der Waals surface area contributed by atoms with E-state index in [9.17, 15) is 10.2 Å². The third-order valence-corrected chi connectivity index (χ3v) is 8.87. The number of aliphatic hydroxyl groups is 2. The van der Waals surface area contributed by atoms with Crippen molar-refractivity contribution < 1.29 is 10.2 Å². The highest BCUT2D eigenvalue weighted by molar-refractivity contribution is 5.64. The Kier molecular flexibility index (Phi) is 8.82. The van der Waals surface area contributed by atoms with E-state index in [1.807, 2.05) is 48.5 Å². The van der Waals surface area contributed by atoms with Gasteiger partial charge in [0, 0.05) is 6.04 Å². The second kappa shape index (κ2) is 12.5. The van der Waals surface area contributed by atoms with Gasteiger partial charge in [0.1, 0.15) is 5.60 Å². The van der Waals surface area contributed by atoms with Crippen LogP contribution in [0.1, 0.15) is 62.5 Å². The lowest BCUT2D eigenvalue weighted by Gasteiger charge is -2.38. The van der Waals surface area contributed by atoms with E-state index in [4.69, 9.17) is 11.5 Å². The van der Waals surface area contributed by atoms with E-state index in [0.29, 0.717) is 0 Å². The van der Waals surface area contributed by atoms with Crippen LogP contribution in [0.4, 0.5) is 0 Å². The molecule has 0 aliphatic heterocycles. The van der Waals surface area contributed by atoms with Gasteiger partial charge in [-0.2, -0.15) is 0 Å². The molecule has 2 saturated carbocycles. The summed E-state index contributed by atoms with van der Waals surface area (Å²) in [5, 5.41) is 21.1. The molecular formula is C36H42N2O2. The van der Waals surface area contributed by atoms with Crippen LogP contribution in [0.15, 0.2) is 109 Å². The Balaban J connectivity index is 0.000000161. The molecule has 0 amide bonds. The van der Waals surface area contributed by atoms with E-state index in [1.54, 1.807) is 0 Å². The lowest BCUT2D eigenvalue weighted by atomic mass is 9.75. The monoisotopic (exact) mass is 534 g/mol. The van der Waals surface area contributed by atoms with Crippen molar-refractivity contribution in [1.82, 2.24) is 0 Å². The molecule has 0 unspecified atom stereocenters. The number of aliphatic hydroxyl groups excluding tert-OH is 1. The molecular weight excluding hydrogens is 492 g/mol. The van der Waals surface area contributed by atoms with Crippen LogP contribution in [-0.4, -0.2) is 22.4 Å². The van der Waals surface area contributed by atoms with Gasteiger partial charge in [0.2, 0.25) is 0 Å². The Labute approximate surface area is 238 Å². The van der Waals surface area contributed by atoms with E-state index in [0.717, 1.165) is 62.5 Å². The van der Waals surface area contributed by atoms with Crippen LogP contribution < -0.4 is 11.5 Å². The van der Waals surface area contributed by atoms with Crippen molar-refractivity contribution in [3.63, 3.8) is 0 Å². The normalized spacial score (nSPS) is 26.4. The fraction of sp³-hybridized carbons (Fsp3) is 0.333. The van der Waals surface area contributed by atoms with Gasteiger partial charge in [-0.1, -0.05) is 135 Å². The van der Waals surface area contributed by atoms with Gasteiger partial charge in [0.25, 0.3) is 0 Å². The standard InChI is InChI=1S/2C18H21NO/c19-18(13-5-4-8-17(18)20)16-11-9-15(10-12-16)14-6-2-1-3-7-14;19-17-8-4-5-13-18(17,20)16-11-9-15(10-12-16)14-6-2-1-3-7-14/h2*1-3,6-7,9-12,17,20H,4-5,8,13,19H2/t2*17-,18-/m00/s1. The molecule has 4 nitrogen and oxygen atoms in total. The third-order valence-electron chi connectivity index (χ3n) is 8.87. The largest absolute Gasteiger partial charge is 0.391 e. The summed E-state index contributed by atoms with van der Waals surface area (Å²) >= 11 is 0. The van der Waals surface area contributed by atoms with Crippen molar-refractivity contribution >= 4 is 0 Å². The molecule has 4 atom stereocenters. The molecule has 6 N–H and O–H groups in total. The maximum Gasteiger partial charge on any atom is 0.105 e. The minimum absolute atomic E-state index is 0.154. The first-order valence-corrected chi connectivity index (χ1v) is 14.7. The van der Waals surface area contributed by atoms with Gasteiger partial charge < -0.3 is 21.7 Å². The summed E-state index contributed by atoms with van der Waals surface area (Å²) in [6.07, 6.45) is 7.22. The molecule has 0 aromatic heterocycles. The molecule has 2 aliphatic carbocycles. The fourth-order valence-electron chi connectivity index (χ4n) is 6.24. The summed E-state index contributed by atoms with van der Waals surface area (Å²) in [7, 11) is 0. The summed E-state index contributed by atoms with van der Waals surface area (Å²) in [6, 6.07) is 36.9. The van der Waals surface area contributed by atoms with Gasteiger partial charge in [-0.25, -0.2) is 0 Å². The molecule has 208 valence electrons. The number of hydrogen-bond donors (Lipinski definition) is 4. The van der Waals surface area contributed by atoms with Crippen molar-refractivity contribution in [3.8, 4) is 22.3 Å². The van der Waals surface area contributed by atoms with Gasteiger partial charge in [-0.3, -0.25) is 0 Å². The Morgan fingerprint density at radius 1 is 0.550 bits per heavy atom. The molecule has 6 rings (SSSR count). The molecule has 4 heteroatoms. The molecule has 0 radical (unpaired) electrons. The van der Waals surface area contributed by atoms with Gasteiger partial charge in [-0.05, 0) is 59.1 Å². The Bertz CT molecular complexity index is 1230. The van der Waals surface area contributed by atoms with Crippen molar-refractivity contribution in [2.75, 3.05) is 0 Å². The minimum atomic E-state index is -0.854. The van der Waals surface area contributed by atoms with Crippen LogP contribution in [0.25, 0.3) is 22.3 Å². The molecule has 0 bridgehead atoms. The molecule has 0 saturated heterocycles. The first-order chi connectivity index (χ1) is 19.4. The minimum Gasteiger partial charge on any atom is -0.391 e. The Morgan fingerprint density at radius 2 is 1.00 bits per heavy atom.